The van der Waals surface area contributed by atoms with E-state index in [1.165, 1.54) is 17.0 Å². The smallest absolute Gasteiger partial charge is 0.408 e. The largest absolute Gasteiger partial charge is 0.508 e. The van der Waals surface area contributed by atoms with E-state index in [2.05, 4.69) is 10.6 Å². The Morgan fingerprint density at radius 3 is 2.13 bits per heavy atom. The first-order valence-corrected chi connectivity index (χ1v) is 13.3. The molecule has 2 unspecified atom stereocenters. The van der Waals surface area contributed by atoms with Crippen LogP contribution >= 0.6 is 0 Å². The van der Waals surface area contributed by atoms with Crippen molar-refractivity contribution in [2.75, 3.05) is 13.1 Å². The van der Waals surface area contributed by atoms with Crippen molar-refractivity contribution in [1.82, 2.24) is 15.5 Å². The van der Waals surface area contributed by atoms with Gasteiger partial charge in [0.1, 0.15) is 23.4 Å². The zero-order valence-electron chi connectivity index (χ0n) is 23.8. The number of nitrogens with zero attached hydrogens (tertiary/aromatic N) is 1. The number of aryl methyl sites for hydroxylation is 2. The number of carbonyl (C=O) groups excluding carboxylic acids is 3. The molecule has 0 spiro atoms. The summed E-state index contributed by atoms with van der Waals surface area (Å²) in [7, 11) is 0. The summed E-state index contributed by atoms with van der Waals surface area (Å²) in [6.07, 6.45) is 1.20. The van der Waals surface area contributed by atoms with Crippen molar-refractivity contribution in [3.63, 3.8) is 0 Å². The highest BCUT2D eigenvalue weighted by atomic mass is 16.6. The average molecular weight is 526 g/mol. The third-order valence-electron chi connectivity index (χ3n) is 6.19. The number of hydrogen-bond donors (Lipinski definition) is 3. The van der Waals surface area contributed by atoms with Crippen molar-refractivity contribution in [2.45, 2.75) is 85.4 Å². The number of carbonyl (C=O) groups is 3. The van der Waals surface area contributed by atoms with Gasteiger partial charge in [-0.3, -0.25) is 9.59 Å². The van der Waals surface area contributed by atoms with Crippen LogP contribution in [-0.2, 0) is 20.7 Å². The molecule has 38 heavy (non-hydrogen) atoms. The topological polar surface area (TPSA) is 108 Å². The minimum atomic E-state index is -0.996. The van der Waals surface area contributed by atoms with Gasteiger partial charge in [-0.05, 0) is 82.3 Å². The number of alkyl carbamates (subject to hydrolysis) is 1. The number of amides is 3. The molecule has 2 aromatic carbocycles. The Labute approximate surface area is 226 Å². The Morgan fingerprint density at radius 1 is 1.00 bits per heavy atom. The molecule has 0 saturated carbocycles. The van der Waals surface area contributed by atoms with Crippen LogP contribution in [0.5, 0.6) is 5.75 Å². The number of benzene rings is 2. The number of aromatic hydroxyl groups is 1. The number of likely N-dealkylation sites (N-methyl/N-ethyl adjacent to an activating group) is 1. The number of nitrogens with one attached hydrogen (secondary N) is 2. The minimum absolute atomic E-state index is 0.103. The standard InChI is InChI=1S/C30H43N3O5/c1-8-10-18-31-27(35)26(25-20(3)12-11-13-21(25)4)33(9-2)28(36)24(32-29(37)38-30(5,6)7)19-22-14-16-23(34)17-15-22/h11-17,24,26,34H,8-10,18-19H2,1-7H3,(H,31,35)(H,32,37). The molecule has 8 heteroatoms. The van der Waals surface area contributed by atoms with Gasteiger partial charge in [-0.1, -0.05) is 43.7 Å². The molecule has 0 fully saturated rings. The molecule has 0 aliphatic rings. The first-order chi connectivity index (χ1) is 17.9. The molecule has 2 aromatic rings. The number of rotatable bonds is 11. The zero-order chi connectivity index (χ0) is 28.5. The highest BCUT2D eigenvalue weighted by Gasteiger charge is 2.36. The lowest BCUT2D eigenvalue weighted by Gasteiger charge is -2.35. The molecule has 8 nitrogen and oxygen atoms in total. The van der Waals surface area contributed by atoms with E-state index in [0.29, 0.717) is 6.54 Å². The van der Waals surface area contributed by atoms with Crippen LogP contribution in [0.3, 0.4) is 0 Å². The predicted molar refractivity (Wildman–Crippen MR) is 149 cm³/mol. The summed E-state index contributed by atoms with van der Waals surface area (Å²) >= 11 is 0. The summed E-state index contributed by atoms with van der Waals surface area (Å²) in [5.41, 5.74) is 2.58. The molecule has 2 rings (SSSR count). The fraction of sp³-hybridized carbons (Fsp3) is 0.500. The van der Waals surface area contributed by atoms with Crippen LogP contribution in [0.25, 0.3) is 0 Å². The molecule has 0 aliphatic heterocycles. The van der Waals surface area contributed by atoms with E-state index in [4.69, 9.17) is 4.74 Å². The van der Waals surface area contributed by atoms with Gasteiger partial charge in [-0.15, -0.1) is 0 Å². The second kappa shape index (κ2) is 13.8. The van der Waals surface area contributed by atoms with Gasteiger partial charge in [-0.2, -0.15) is 0 Å². The molecule has 3 amide bonds. The lowest BCUT2D eigenvalue weighted by atomic mass is 9.93. The van der Waals surface area contributed by atoms with Crippen molar-refractivity contribution < 1.29 is 24.2 Å². The molecule has 3 N–H and O–H groups in total. The van der Waals surface area contributed by atoms with Crippen LogP contribution < -0.4 is 10.6 Å². The zero-order valence-corrected chi connectivity index (χ0v) is 23.8. The molecule has 0 aromatic heterocycles. The third kappa shape index (κ3) is 8.78. The van der Waals surface area contributed by atoms with Gasteiger partial charge in [0.15, 0.2) is 0 Å². The molecule has 0 heterocycles. The summed E-state index contributed by atoms with van der Waals surface area (Å²) in [6.45, 7) is 13.7. The maximum Gasteiger partial charge on any atom is 0.408 e. The van der Waals surface area contributed by atoms with Gasteiger partial charge in [0, 0.05) is 19.5 Å². The Bertz CT molecular complexity index is 1070. The van der Waals surface area contributed by atoms with E-state index in [1.807, 2.05) is 45.9 Å². The van der Waals surface area contributed by atoms with Gasteiger partial charge in [0.25, 0.3) is 0 Å². The number of hydrogen-bond acceptors (Lipinski definition) is 5. The van der Waals surface area contributed by atoms with Crippen LogP contribution in [-0.4, -0.2) is 52.6 Å². The Hall–Kier alpha value is -3.55. The van der Waals surface area contributed by atoms with Crippen molar-refractivity contribution in [1.29, 1.82) is 0 Å². The summed E-state index contributed by atoms with van der Waals surface area (Å²) in [6, 6.07) is 10.4. The van der Waals surface area contributed by atoms with Crippen LogP contribution in [0.2, 0.25) is 0 Å². The quantitative estimate of drug-likeness (QED) is 0.360. The van der Waals surface area contributed by atoms with Gasteiger partial charge >= 0.3 is 6.09 Å². The van der Waals surface area contributed by atoms with Crippen LogP contribution in [0.1, 0.15) is 75.8 Å². The van der Waals surface area contributed by atoms with Crippen molar-refractivity contribution >= 4 is 17.9 Å². The average Bonchev–Trinajstić information content (AvgIpc) is 2.83. The molecule has 0 bridgehead atoms. The highest BCUT2D eigenvalue weighted by molar-refractivity contribution is 5.92. The summed E-state index contributed by atoms with van der Waals surface area (Å²) in [4.78, 5) is 42.0. The molecule has 0 aliphatic carbocycles. The fourth-order valence-electron chi connectivity index (χ4n) is 4.36. The van der Waals surface area contributed by atoms with Crippen molar-refractivity contribution in [3.8, 4) is 5.75 Å². The van der Waals surface area contributed by atoms with E-state index >= 15 is 0 Å². The normalized spacial score (nSPS) is 12.8. The lowest BCUT2D eigenvalue weighted by Crippen LogP contribution is -2.54. The number of unbranched alkanes of at least 4 members (excludes halogenated alkanes) is 1. The number of phenolic OH excluding ortho intramolecular Hbond substituents is 1. The maximum absolute atomic E-state index is 14.1. The molecule has 208 valence electrons. The maximum atomic E-state index is 14.1. The first-order valence-electron chi connectivity index (χ1n) is 13.3. The van der Waals surface area contributed by atoms with Crippen LogP contribution in [0, 0.1) is 13.8 Å². The Kier molecular flexibility index (Phi) is 11.2. The summed E-state index contributed by atoms with van der Waals surface area (Å²) < 4.78 is 5.44. The number of phenols is 1. The summed E-state index contributed by atoms with van der Waals surface area (Å²) in [5.74, 6) is -0.554. The molecular weight excluding hydrogens is 482 g/mol. The van der Waals surface area contributed by atoms with Crippen molar-refractivity contribution in [2.24, 2.45) is 0 Å². The SMILES string of the molecule is CCCCNC(=O)C(c1c(C)cccc1C)N(CC)C(=O)C(Cc1ccc(O)cc1)NC(=O)OC(C)(C)C. The Balaban J connectivity index is 2.51. The van der Waals surface area contributed by atoms with Gasteiger partial charge in [0.2, 0.25) is 11.8 Å². The van der Waals surface area contributed by atoms with Crippen LogP contribution in [0.15, 0.2) is 42.5 Å². The summed E-state index contributed by atoms with van der Waals surface area (Å²) in [5, 5.41) is 15.4. The molecule has 0 radical (unpaired) electrons. The van der Waals surface area contributed by atoms with Crippen LogP contribution in [0.4, 0.5) is 4.79 Å². The van der Waals surface area contributed by atoms with E-state index in [0.717, 1.165) is 35.1 Å². The van der Waals surface area contributed by atoms with Gasteiger partial charge in [0.05, 0.1) is 0 Å². The third-order valence-corrected chi connectivity index (χ3v) is 6.19. The van der Waals surface area contributed by atoms with E-state index in [-0.39, 0.29) is 24.6 Å². The minimum Gasteiger partial charge on any atom is -0.508 e. The highest BCUT2D eigenvalue weighted by Crippen LogP contribution is 2.29. The van der Waals surface area contributed by atoms with Gasteiger partial charge < -0.3 is 25.4 Å². The molecular formula is C30H43N3O5. The fourth-order valence-corrected chi connectivity index (χ4v) is 4.36. The molecule has 0 saturated heterocycles. The van der Waals surface area contributed by atoms with Crippen molar-refractivity contribution in [3.05, 3.63) is 64.7 Å². The second-order valence-electron chi connectivity index (χ2n) is 10.5. The van der Waals surface area contributed by atoms with Gasteiger partial charge in [-0.25, -0.2) is 4.79 Å². The second-order valence-corrected chi connectivity index (χ2v) is 10.5. The monoisotopic (exact) mass is 525 g/mol. The number of ether oxygens (including phenoxy) is 1. The first kappa shape index (κ1) is 30.7. The lowest BCUT2D eigenvalue weighted by molar-refractivity contribution is -0.142. The van der Waals surface area contributed by atoms with E-state index < -0.39 is 29.7 Å². The Morgan fingerprint density at radius 2 is 1.61 bits per heavy atom. The molecule has 2 atom stereocenters. The van der Waals surface area contributed by atoms with E-state index in [9.17, 15) is 19.5 Å². The van der Waals surface area contributed by atoms with E-state index in [1.54, 1.807) is 32.9 Å². The predicted octanol–water partition coefficient (Wildman–Crippen LogP) is 4.95.